The lowest BCUT2D eigenvalue weighted by Gasteiger charge is -2.22. The van der Waals surface area contributed by atoms with E-state index in [1.807, 2.05) is 24.8 Å². The number of rotatable bonds is 3. The number of H-pyrrole nitrogens is 1. The monoisotopic (exact) mass is 396 g/mol. The van der Waals surface area contributed by atoms with Gasteiger partial charge in [0.2, 0.25) is 0 Å². The van der Waals surface area contributed by atoms with Gasteiger partial charge < -0.3 is 11.1 Å². The molecule has 6 rings (SSSR count). The van der Waals surface area contributed by atoms with Crippen LogP contribution in [0.1, 0.15) is 30.9 Å². The van der Waals surface area contributed by atoms with Crippen LogP contribution in [0.15, 0.2) is 55.2 Å². The molecule has 1 saturated carbocycles. The van der Waals surface area contributed by atoms with Crippen LogP contribution in [0.4, 0.5) is 5.82 Å². The van der Waals surface area contributed by atoms with Crippen LogP contribution in [0, 0.1) is 11.8 Å². The van der Waals surface area contributed by atoms with Crippen LogP contribution in [-0.2, 0) is 0 Å². The number of aromatic amines is 1. The van der Waals surface area contributed by atoms with E-state index in [4.69, 9.17) is 5.73 Å². The Balaban J connectivity index is 1.51. The number of nitrogens with one attached hydrogen (secondary N) is 2. The Hall–Kier alpha value is -3.25. The first-order valence-corrected chi connectivity index (χ1v) is 10.6. The molecule has 3 atom stereocenters. The molecule has 0 spiro atoms. The maximum absolute atomic E-state index is 6.17. The minimum Gasteiger partial charge on any atom is -0.383 e. The fraction of sp³-hybridized carbons (Fsp3) is 0.292. The number of fused-ring (bicyclic) bond motifs is 2. The van der Waals surface area contributed by atoms with Crippen molar-refractivity contribution in [2.45, 2.75) is 25.3 Å². The summed E-state index contributed by atoms with van der Waals surface area (Å²) in [5.74, 6) is 2.03. The molecule has 4 N–H and O–H groups in total. The molecule has 1 aromatic carbocycles. The summed E-state index contributed by atoms with van der Waals surface area (Å²) >= 11 is 0. The van der Waals surface area contributed by atoms with Crippen molar-refractivity contribution in [3.05, 3.63) is 60.8 Å². The number of hydrogen-bond acceptors (Lipinski definition) is 5. The van der Waals surface area contributed by atoms with Crippen LogP contribution in [0.2, 0.25) is 0 Å². The Morgan fingerprint density at radius 3 is 2.87 bits per heavy atom. The molecular weight excluding hydrogens is 372 g/mol. The lowest BCUT2D eigenvalue weighted by atomic mass is 9.86. The summed E-state index contributed by atoms with van der Waals surface area (Å²) in [6.07, 6.45) is 13.4. The van der Waals surface area contributed by atoms with Crippen molar-refractivity contribution in [1.82, 2.24) is 25.5 Å². The zero-order valence-corrected chi connectivity index (χ0v) is 16.7. The second-order valence-electron chi connectivity index (χ2n) is 8.55. The minimum absolute atomic E-state index is 0.388. The number of aromatic nitrogens is 4. The van der Waals surface area contributed by atoms with Crippen LogP contribution < -0.4 is 11.1 Å². The summed E-state index contributed by atoms with van der Waals surface area (Å²) < 4.78 is 0. The Kier molecular flexibility index (Phi) is 4.06. The molecule has 1 aliphatic heterocycles. The molecule has 6 nitrogen and oxygen atoms in total. The number of pyridine rings is 2. The average Bonchev–Trinajstić information content (AvgIpc) is 3.52. The van der Waals surface area contributed by atoms with Gasteiger partial charge in [-0.05, 0) is 72.0 Å². The van der Waals surface area contributed by atoms with Crippen molar-refractivity contribution in [1.29, 1.82) is 0 Å². The van der Waals surface area contributed by atoms with Gasteiger partial charge in [-0.25, -0.2) is 4.98 Å². The van der Waals surface area contributed by atoms with E-state index in [1.165, 1.54) is 35.6 Å². The summed E-state index contributed by atoms with van der Waals surface area (Å²) in [6, 6.07) is 9.16. The normalized spacial score (nSPS) is 23.1. The van der Waals surface area contributed by atoms with Gasteiger partial charge in [0, 0.05) is 52.9 Å². The maximum atomic E-state index is 6.17. The quantitative estimate of drug-likeness (QED) is 0.479. The van der Waals surface area contributed by atoms with Crippen LogP contribution >= 0.6 is 0 Å². The van der Waals surface area contributed by atoms with E-state index in [9.17, 15) is 0 Å². The van der Waals surface area contributed by atoms with Gasteiger partial charge in [-0.15, -0.1) is 0 Å². The Bertz CT molecular complexity index is 1220. The van der Waals surface area contributed by atoms with Gasteiger partial charge >= 0.3 is 0 Å². The molecule has 0 bridgehead atoms. The SMILES string of the molecule is Nc1ncc(-c2cc(C3NCC4CCCC43)c3cnccc3c2)cc1-c1cn[nH]c1. The molecule has 0 radical (unpaired) electrons. The molecule has 1 saturated heterocycles. The van der Waals surface area contributed by atoms with E-state index in [0.29, 0.717) is 11.9 Å². The fourth-order valence-corrected chi connectivity index (χ4v) is 5.44. The van der Waals surface area contributed by atoms with Gasteiger partial charge in [0.1, 0.15) is 5.82 Å². The average molecular weight is 396 g/mol. The van der Waals surface area contributed by atoms with E-state index < -0.39 is 0 Å². The Labute approximate surface area is 174 Å². The summed E-state index contributed by atoms with van der Waals surface area (Å²) in [4.78, 5) is 8.91. The molecule has 3 unspecified atom stereocenters. The summed E-state index contributed by atoms with van der Waals surface area (Å²) in [5.41, 5.74) is 11.6. The third kappa shape index (κ3) is 2.79. The minimum atomic E-state index is 0.388. The lowest BCUT2D eigenvalue weighted by molar-refractivity contribution is 0.423. The second-order valence-corrected chi connectivity index (χ2v) is 8.55. The van der Waals surface area contributed by atoms with E-state index in [-0.39, 0.29) is 0 Å². The Morgan fingerprint density at radius 1 is 1.00 bits per heavy atom. The van der Waals surface area contributed by atoms with Crippen molar-refractivity contribution in [2.75, 3.05) is 12.3 Å². The van der Waals surface area contributed by atoms with E-state index >= 15 is 0 Å². The molecule has 30 heavy (non-hydrogen) atoms. The third-order valence-electron chi connectivity index (χ3n) is 6.93. The van der Waals surface area contributed by atoms with Crippen molar-refractivity contribution in [2.24, 2.45) is 11.8 Å². The number of hydrogen-bond donors (Lipinski definition) is 3. The van der Waals surface area contributed by atoms with Gasteiger partial charge in [0.25, 0.3) is 0 Å². The number of benzene rings is 1. The van der Waals surface area contributed by atoms with Crippen molar-refractivity contribution < 1.29 is 0 Å². The number of anilines is 1. The molecule has 1 aliphatic carbocycles. The van der Waals surface area contributed by atoms with E-state index in [2.05, 4.69) is 49.7 Å². The van der Waals surface area contributed by atoms with Crippen molar-refractivity contribution >= 4 is 16.6 Å². The predicted octanol–water partition coefficient (Wildman–Crippen LogP) is 4.33. The van der Waals surface area contributed by atoms with Gasteiger partial charge in [-0.1, -0.05) is 6.42 Å². The van der Waals surface area contributed by atoms with Crippen LogP contribution in [-0.4, -0.2) is 26.7 Å². The summed E-state index contributed by atoms with van der Waals surface area (Å²) in [5, 5.41) is 13.2. The van der Waals surface area contributed by atoms with Gasteiger partial charge in [-0.3, -0.25) is 10.1 Å². The van der Waals surface area contributed by atoms with Gasteiger partial charge in [0.15, 0.2) is 0 Å². The van der Waals surface area contributed by atoms with Crippen molar-refractivity contribution in [3.8, 4) is 22.3 Å². The first-order valence-electron chi connectivity index (χ1n) is 10.6. The summed E-state index contributed by atoms with van der Waals surface area (Å²) in [7, 11) is 0. The highest BCUT2D eigenvalue weighted by Crippen LogP contribution is 2.46. The molecule has 4 aromatic rings. The van der Waals surface area contributed by atoms with Crippen LogP contribution in [0.3, 0.4) is 0 Å². The lowest BCUT2D eigenvalue weighted by Crippen LogP contribution is -2.18. The molecular formula is C24H24N6. The third-order valence-corrected chi connectivity index (χ3v) is 6.93. The number of nitrogens with zero attached hydrogens (tertiary/aromatic N) is 3. The zero-order valence-electron chi connectivity index (χ0n) is 16.7. The van der Waals surface area contributed by atoms with E-state index in [0.717, 1.165) is 40.6 Å². The highest BCUT2D eigenvalue weighted by atomic mass is 15.1. The fourth-order valence-electron chi connectivity index (χ4n) is 5.44. The number of nitrogens with two attached hydrogens (primary N) is 1. The first-order chi connectivity index (χ1) is 14.8. The standard InChI is InChI=1S/C24H24N6/c25-24-20(18-11-29-30-12-18)8-17(10-28-24)16-6-14-4-5-26-13-22(14)21(7-16)23-19-3-1-2-15(19)9-27-23/h4-8,10-13,15,19,23,27H,1-3,9H2,(H2,25,28)(H,29,30). The Morgan fingerprint density at radius 2 is 1.97 bits per heavy atom. The highest BCUT2D eigenvalue weighted by molar-refractivity contribution is 5.91. The molecule has 0 amide bonds. The smallest absolute Gasteiger partial charge is 0.131 e. The number of nitrogen functional groups attached to an aromatic ring is 1. The van der Waals surface area contributed by atoms with Crippen molar-refractivity contribution in [3.63, 3.8) is 0 Å². The first kappa shape index (κ1) is 17.6. The molecule has 150 valence electrons. The molecule has 2 aliphatic rings. The highest BCUT2D eigenvalue weighted by Gasteiger charge is 2.40. The zero-order chi connectivity index (χ0) is 20.1. The topological polar surface area (TPSA) is 92.5 Å². The van der Waals surface area contributed by atoms with Gasteiger partial charge in [-0.2, -0.15) is 5.10 Å². The molecule has 3 aromatic heterocycles. The second kappa shape index (κ2) is 6.92. The molecule has 2 fully saturated rings. The predicted molar refractivity (Wildman–Crippen MR) is 119 cm³/mol. The largest absolute Gasteiger partial charge is 0.383 e. The van der Waals surface area contributed by atoms with Crippen LogP contribution in [0.25, 0.3) is 33.0 Å². The van der Waals surface area contributed by atoms with Gasteiger partial charge in [0.05, 0.1) is 6.20 Å². The maximum Gasteiger partial charge on any atom is 0.131 e. The summed E-state index contributed by atoms with van der Waals surface area (Å²) in [6.45, 7) is 1.12. The van der Waals surface area contributed by atoms with Crippen LogP contribution in [0.5, 0.6) is 0 Å². The molecule has 6 heteroatoms. The van der Waals surface area contributed by atoms with E-state index in [1.54, 1.807) is 6.20 Å². The molecule has 4 heterocycles.